The summed E-state index contributed by atoms with van der Waals surface area (Å²) in [6.07, 6.45) is 2.02. The van der Waals surface area contributed by atoms with Gasteiger partial charge in [-0.25, -0.2) is 0 Å². The molecule has 0 radical (unpaired) electrons. The van der Waals surface area contributed by atoms with E-state index in [0.29, 0.717) is 18.2 Å². The lowest BCUT2D eigenvalue weighted by molar-refractivity contribution is 0.164. The highest BCUT2D eigenvalue weighted by atomic mass is 16.5. The Morgan fingerprint density at radius 3 is 2.88 bits per heavy atom. The van der Waals surface area contributed by atoms with Gasteiger partial charge < -0.3 is 20.9 Å². The molecule has 4 heteroatoms. The number of methoxy groups -OCH3 is 1. The van der Waals surface area contributed by atoms with Gasteiger partial charge in [0.15, 0.2) is 0 Å². The number of nitrogen functional groups attached to an aromatic ring is 1. The first-order valence-electron chi connectivity index (χ1n) is 5.56. The normalized spacial score (nSPS) is 16.9. The lowest BCUT2D eigenvalue weighted by atomic mass is 10.2. The van der Waals surface area contributed by atoms with E-state index < -0.39 is 0 Å². The topological polar surface area (TPSA) is 67.5 Å². The third-order valence-corrected chi connectivity index (χ3v) is 2.93. The number of hydrogen-bond donors (Lipinski definition) is 3. The Balaban J connectivity index is 1.92. The summed E-state index contributed by atoms with van der Waals surface area (Å²) in [6.45, 7) is 0.557. The molecule has 0 saturated heterocycles. The number of rotatable bonds is 5. The molecule has 1 aromatic carbocycles. The molecule has 2 rings (SSSR count). The number of ether oxygens (including phenoxy) is 1. The molecule has 1 unspecified atom stereocenters. The van der Waals surface area contributed by atoms with Crippen molar-refractivity contribution in [2.45, 2.75) is 18.9 Å². The lowest BCUT2D eigenvalue weighted by Crippen LogP contribution is -2.21. The van der Waals surface area contributed by atoms with Gasteiger partial charge in [-0.2, -0.15) is 0 Å². The maximum Gasteiger partial charge on any atom is 0.121 e. The van der Waals surface area contributed by atoms with Gasteiger partial charge in [-0.1, -0.05) is 0 Å². The summed E-state index contributed by atoms with van der Waals surface area (Å²) in [6, 6.07) is 5.49. The van der Waals surface area contributed by atoms with E-state index in [4.69, 9.17) is 10.5 Å². The van der Waals surface area contributed by atoms with Crippen LogP contribution in [-0.2, 0) is 0 Å². The average molecular weight is 222 g/mol. The molecule has 1 aromatic rings. The van der Waals surface area contributed by atoms with Gasteiger partial charge in [0.1, 0.15) is 5.75 Å². The second-order valence-electron chi connectivity index (χ2n) is 4.24. The number of benzene rings is 1. The van der Waals surface area contributed by atoms with Crippen LogP contribution in [0.1, 0.15) is 12.8 Å². The molecule has 1 saturated carbocycles. The summed E-state index contributed by atoms with van der Waals surface area (Å²) in [4.78, 5) is 0. The number of hydrogen-bond acceptors (Lipinski definition) is 4. The molecular formula is C12H18N2O2. The third kappa shape index (κ3) is 2.58. The predicted molar refractivity (Wildman–Crippen MR) is 64.6 cm³/mol. The third-order valence-electron chi connectivity index (χ3n) is 2.93. The maximum atomic E-state index is 9.71. The van der Waals surface area contributed by atoms with Crippen molar-refractivity contribution in [2.75, 3.05) is 24.7 Å². The highest BCUT2D eigenvalue weighted by Gasteiger charge is 2.29. The molecule has 16 heavy (non-hydrogen) atoms. The standard InChI is InChI=1S/C12H18N2O2/c1-16-9-4-5-11(10(13)6-9)14-7-12(15)8-2-3-8/h4-6,8,12,14-15H,2-3,7,13H2,1H3. The van der Waals surface area contributed by atoms with E-state index in [-0.39, 0.29) is 6.10 Å². The van der Waals surface area contributed by atoms with Crippen LogP contribution < -0.4 is 15.8 Å². The molecule has 4 N–H and O–H groups in total. The summed E-state index contributed by atoms with van der Waals surface area (Å²) in [5, 5.41) is 12.9. The van der Waals surface area contributed by atoms with Gasteiger partial charge in [0.2, 0.25) is 0 Å². The average Bonchev–Trinajstić information content (AvgIpc) is 3.10. The number of aliphatic hydroxyl groups is 1. The van der Waals surface area contributed by atoms with E-state index in [1.165, 1.54) is 0 Å². The van der Waals surface area contributed by atoms with E-state index in [0.717, 1.165) is 24.3 Å². The molecule has 1 aliphatic carbocycles. The van der Waals surface area contributed by atoms with Crippen molar-refractivity contribution in [1.82, 2.24) is 0 Å². The molecule has 0 aliphatic heterocycles. The molecule has 0 spiro atoms. The van der Waals surface area contributed by atoms with Crippen LogP contribution in [0.15, 0.2) is 18.2 Å². The summed E-state index contributed by atoms with van der Waals surface area (Å²) >= 11 is 0. The zero-order valence-electron chi connectivity index (χ0n) is 9.44. The Morgan fingerprint density at radius 2 is 2.31 bits per heavy atom. The Hall–Kier alpha value is -1.42. The fourth-order valence-electron chi connectivity index (χ4n) is 1.69. The monoisotopic (exact) mass is 222 g/mol. The first-order chi connectivity index (χ1) is 7.70. The minimum atomic E-state index is -0.262. The second kappa shape index (κ2) is 4.61. The Kier molecular flexibility index (Phi) is 3.19. The van der Waals surface area contributed by atoms with E-state index in [1.54, 1.807) is 13.2 Å². The van der Waals surface area contributed by atoms with Gasteiger partial charge in [-0.3, -0.25) is 0 Å². The summed E-state index contributed by atoms with van der Waals surface area (Å²) in [7, 11) is 1.61. The first kappa shape index (κ1) is 11.1. The van der Waals surface area contributed by atoms with E-state index in [9.17, 15) is 5.11 Å². The number of nitrogens with one attached hydrogen (secondary N) is 1. The van der Waals surface area contributed by atoms with Gasteiger partial charge in [0.05, 0.1) is 24.6 Å². The molecule has 88 valence electrons. The van der Waals surface area contributed by atoms with E-state index >= 15 is 0 Å². The smallest absolute Gasteiger partial charge is 0.121 e. The minimum absolute atomic E-state index is 0.262. The van der Waals surface area contributed by atoms with Crippen LogP contribution in [0.25, 0.3) is 0 Å². The quantitative estimate of drug-likeness (QED) is 0.660. The zero-order chi connectivity index (χ0) is 11.5. The van der Waals surface area contributed by atoms with Gasteiger partial charge >= 0.3 is 0 Å². The molecule has 1 aliphatic rings. The van der Waals surface area contributed by atoms with Crippen molar-refractivity contribution in [3.05, 3.63) is 18.2 Å². The van der Waals surface area contributed by atoms with E-state index in [2.05, 4.69) is 5.32 Å². The maximum absolute atomic E-state index is 9.71. The lowest BCUT2D eigenvalue weighted by Gasteiger charge is -2.14. The van der Waals surface area contributed by atoms with Crippen molar-refractivity contribution in [3.63, 3.8) is 0 Å². The summed E-state index contributed by atoms with van der Waals surface area (Å²) in [5.41, 5.74) is 7.34. The molecule has 4 nitrogen and oxygen atoms in total. The SMILES string of the molecule is COc1ccc(NCC(O)C2CC2)c(N)c1. The van der Waals surface area contributed by atoms with Crippen molar-refractivity contribution in [1.29, 1.82) is 0 Å². The van der Waals surface area contributed by atoms with Crippen molar-refractivity contribution in [2.24, 2.45) is 5.92 Å². The first-order valence-corrected chi connectivity index (χ1v) is 5.56. The van der Waals surface area contributed by atoms with Gasteiger partial charge in [0, 0.05) is 12.6 Å². The largest absolute Gasteiger partial charge is 0.497 e. The molecule has 0 bridgehead atoms. The van der Waals surface area contributed by atoms with Crippen molar-refractivity contribution in [3.8, 4) is 5.75 Å². The van der Waals surface area contributed by atoms with Gasteiger partial charge in [-0.15, -0.1) is 0 Å². The van der Waals surface area contributed by atoms with Crippen molar-refractivity contribution >= 4 is 11.4 Å². The van der Waals surface area contributed by atoms with Crippen LogP contribution in [0.4, 0.5) is 11.4 Å². The van der Waals surface area contributed by atoms with Crippen LogP contribution in [0.5, 0.6) is 5.75 Å². The summed E-state index contributed by atoms with van der Waals surface area (Å²) in [5.74, 6) is 1.22. The number of anilines is 2. The van der Waals surface area contributed by atoms with Crippen LogP contribution in [0, 0.1) is 5.92 Å². The van der Waals surface area contributed by atoms with E-state index in [1.807, 2.05) is 12.1 Å². The highest BCUT2D eigenvalue weighted by Crippen LogP contribution is 2.33. The molecule has 1 atom stereocenters. The van der Waals surface area contributed by atoms with Crippen LogP contribution in [0.3, 0.4) is 0 Å². The molecule has 0 amide bonds. The summed E-state index contributed by atoms with van der Waals surface area (Å²) < 4.78 is 5.07. The fraction of sp³-hybridized carbons (Fsp3) is 0.500. The fourth-order valence-corrected chi connectivity index (χ4v) is 1.69. The number of aliphatic hydroxyl groups excluding tert-OH is 1. The molecular weight excluding hydrogens is 204 g/mol. The minimum Gasteiger partial charge on any atom is -0.497 e. The highest BCUT2D eigenvalue weighted by molar-refractivity contribution is 5.68. The zero-order valence-corrected chi connectivity index (χ0v) is 9.44. The molecule has 1 fully saturated rings. The molecule has 0 aromatic heterocycles. The Morgan fingerprint density at radius 1 is 1.56 bits per heavy atom. The van der Waals surface area contributed by atoms with Crippen LogP contribution >= 0.6 is 0 Å². The Labute approximate surface area is 95.4 Å². The van der Waals surface area contributed by atoms with Crippen LogP contribution in [-0.4, -0.2) is 24.9 Å². The molecule has 0 heterocycles. The Bertz CT molecular complexity index is 364. The van der Waals surface area contributed by atoms with Crippen LogP contribution in [0.2, 0.25) is 0 Å². The van der Waals surface area contributed by atoms with Crippen molar-refractivity contribution < 1.29 is 9.84 Å². The second-order valence-corrected chi connectivity index (χ2v) is 4.24. The number of nitrogens with two attached hydrogens (primary N) is 1. The van der Waals surface area contributed by atoms with Gasteiger partial charge in [-0.05, 0) is 30.9 Å². The van der Waals surface area contributed by atoms with Gasteiger partial charge in [0.25, 0.3) is 0 Å². The predicted octanol–water partition coefficient (Wildman–Crippen LogP) is 1.46.